The molecule has 1 fully saturated rings. The number of ether oxygens (including phenoxy) is 1. The molecule has 4 rings (SSSR count). The summed E-state index contributed by atoms with van der Waals surface area (Å²) >= 11 is 0. The summed E-state index contributed by atoms with van der Waals surface area (Å²) in [7, 11) is 7.31. The lowest BCUT2D eigenvalue weighted by Gasteiger charge is -2.34. The SMILES string of the molecule is COc1ccc(C(=O)Cc2ccc(-c3ccc(C(=O)N(C)C)cc3C)cc2)cc1N1CCN(C)CC1. The van der Waals surface area contributed by atoms with Gasteiger partial charge in [0.05, 0.1) is 12.8 Å². The maximum atomic E-state index is 13.2. The van der Waals surface area contributed by atoms with E-state index in [9.17, 15) is 9.59 Å². The largest absolute Gasteiger partial charge is 0.495 e. The minimum atomic E-state index is -0.00665. The van der Waals surface area contributed by atoms with Gasteiger partial charge in [0.25, 0.3) is 5.91 Å². The Hall–Kier alpha value is -3.64. The van der Waals surface area contributed by atoms with Crippen molar-refractivity contribution in [3.63, 3.8) is 0 Å². The maximum Gasteiger partial charge on any atom is 0.253 e. The number of benzene rings is 3. The van der Waals surface area contributed by atoms with Gasteiger partial charge in [-0.2, -0.15) is 0 Å². The zero-order valence-corrected chi connectivity index (χ0v) is 21.9. The number of methoxy groups -OCH3 is 1. The Labute approximate surface area is 214 Å². The Bertz CT molecular complexity index is 1240. The lowest BCUT2D eigenvalue weighted by molar-refractivity contribution is 0.0827. The molecular formula is C30H35N3O3. The molecule has 0 radical (unpaired) electrons. The molecule has 1 saturated heterocycles. The Kier molecular flexibility index (Phi) is 7.75. The number of ketones is 1. The van der Waals surface area contributed by atoms with Crippen LogP contribution in [-0.2, 0) is 6.42 Å². The molecule has 1 aliphatic heterocycles. The topological polar surface area (TPSA) is 53.1 Å². The van der Waals surface area contributed by atoms with Gasteiger partial charge in [0.1, 0.15) is 5.75 Å². The second kappa shape index (κ2) is 11.0. The van der Waals surface area contributed by atoms with E-state index in [1.807, 2.05) is 67.6 Å². The van der Waals surface area contributed by atoms with E-state index in [0.29, 0.717) is 17.5 Å². The quantitative estimate of drug-likeness (QED) is 0.460. The number of amides is 1. The molecule has 0 aliphatic carbocycles. The number of likely N-dealkylation sites (N-methyl/N-ethyl adjacent to an activating group) is 1. The van der Waals surface area contributed by atoms with E-state index in [1.54, 1.807) is 26.1 Å². The lowest BCUT2D eigenvalue weighted by atomic mass is 9.95. The average molecular weight is 486 g/mol. The van der Waals surface area contributed by atoms with Gasteiger partial charge in [-0.05, 0) is 66.6 Å². The minimum Gasteiger partial charge on any atom is -0.495 e. The van der Waals surface area contributed by atoms with Crippen molar-refractivity contribution in [3.05, 3.63) is 82.9 Å². The van der Waals surface area contributed by atoms with Crippen molar-refractivity contribution in [2.24, 2.45) is 0 Å². The molecule has 0 aromatic heterocycles. The van der Waals surface area contributed by atoms with Crippen LogP contribution in [0.4, 0.5) is 5.69 Å². The molecule has 188 valence electrons. The lowest BCUT2D eigenvalue weighted by Crippen LogP contribution is -2.44. The molecular weight excluding hydrogens is 450 g/mol. The fourth-order valence-electron chi connectivity index (χ4n) is 4.63. The summed E-state index contributed by atoms with van der Waals surface area (Å²) in [5.74, 6) is 0.880. The Morgan fingerprint density at radius 1 is 0.889 bits per heavy atom. The van der Waals surface area contributed by atoms with Crippen molar-refractivity contribution in [2.45, 2.75) is 13.3 Å². The predicted molar refractivity (Wildman–Crippen MR) is 145 cm³/mol. The second-order valence-electron chi connectivity index (χ2n) is 9.70. The van der Waals surface area contributed by atoms with Crippen LogP contribution in [0, 0.1) is 6.92 Å². The molecule has 0 bridgehead atoms. The van der Waals surface area contributed by atoms with Crippen LogP contribution < -0.4 is 9.64 Å². The molecule has 0 spiro atoms. The van der Waals surface area contributed by atoms with Gasteiger partial charge in [0, 0.05) is 57.8 Å². The predicted octanol–water partition coefficient (Wildman–Crippen LogP) is 4.55. The first-order valence-corrected chi connectivity index (χ1v) is 12.3. The summed E-state index contributed by atoms with van der Waals surface area (Å²) in [5.41, 5.74) is 6.52. The zero-order chi connectivity index (χ0) is 25.8. The molecule has 3 aromatic carbocycles. The maximum absolute atomic E-state index is 13.2. The molecule has 0 saturated carbocycles. The van der Waals surface area contributed by atoms with E-state index in [0.717, 1.165) is 59.9 Å². The van der Waals surface area contributed by atoms with Crippen LogP contribution in [0.15, 0.2) is 60.7 Å². The van der Waals surface area contributed by atoms with E-state index in [2.05, 4.69) is 16.8 Å². The van der Waals surface area contributed by atoms with Crippen molar-refractivity contribution < 1.29 is 14.3 Å². The molecule has 1 heterocycles. The highest BCUT2D eigenvalue weighted by molar-refractivity contribution is 5.99. The van der Waals surface area contributed by atoms with E-state index >= 15 is 0 Å². The third kappa shape index (κ3) is 5.60. The van der Waals surface area contributed by atoms with E-state index < -0.39 is 0 Å². The summed E-state index contributed by atoms with van der Waals surface area (Å²) in [6, 6.07) is 19.6. The van der Waals surface area contributed by atoms with Crippen molar-refractivity contribution in [2.75, 3.05) is 59.3 Å². The molecule has 0 unspecified atom stereocenters. The highest BCUT2D eigenvalue weighted by Crippen LogP contribution is 2.31. The fraction of sp³-hybridized carbons (Fsp3) is 0.333. The van der Waals surface area contributed by atoms with Gasteiger partial charge in [-0.25, -0.2) is 0 Å². The Balaban J connectivity index is 1.48. The molecule has 36 heavy (non-hydrogen) atoms. The first kappa shape index (κ1) is 25.5. The number of piperazine rings is 1. The summed E-state index contributed by atoms with van der Waals surface area (Å²) in [4.78, 5) is 31.6. The van der Waals surface area contributed by atoms with Gasteiger partial charge in [-0.15, -0.1) is 0 Å². The van der Waals surface area contributed by atoms with Crippen LogP contribution in [0.25, 0.3) is 11.1 Å². The second-order valence-corrected chi connectivity index (χ2v) is 9.70. The highest BCUT2D eigenvalue weighted by atomic mass is 16.5. The highest BCUT2D eigenvalue weighted by Gasteiger charge is 2.20. The van der Waals surface area contributed by atoms with E-state index in [-0.39, 0.29) is 11.7 Å². The number of anilines is 1. The van der Waals surface area contributed by atoms with Crippen LogP contribution in [0.2, 0.25) is 0 Å². The molecule has 1 amide bonds. The molecule has 0 N–H and O–H groups in total. The summed E-state index contributed by atoms with van der Waals surface area (Å²) in [6.45, 7) is 5.82. The molecule has 3 aromatic rings. The zero-order valence-electron chi connectivity index (χ0n) is 21.9. The van der Waals surface area contributed by atoms with Gasteiger partial charge in [0.15, 0.2) is 5.78 Å². The number of Topliss-reactive ketones (excluding diaryl/α,β-unsaturated/α-hetero) is 1. The van der Waals surface area contributed by atoms with E-state index in [1.165, 1.54) is 0 Å². The van der Waals surface area contributed by atoms with Gasteiger partial charge in [0.2, 0.25) is 0 Å². The minimum absolute atomic E-state index is 0.00665. The first-order chi connectivity index (χ1) is 17.3. The van der Waals surface area contributed by atoms with Crippen LogP contribution in [-0.4, -0.2) is 75.9 Å². The third-order valence-electron chi connectivity index (χ3n) is 6.85. The number of hydrogen-bond acceptors (Lipinski definition) is 5. The van der Waals surface area contributed by atoms with Crippen LogP contribution >= 0.6 is 0 Å². The number of hydrogen-bond donors (Lipinski definition) is 0. The van der Waals surface area contributed by atoms with Gasteiger partial charge in [-0.1, -0.05) is 30.3 Å². The van der Waals surface area contributed by atoms with E-state index in [4.69, 9.17) is 4.74 Å². The molecule has 6 heteroatoms. The van der Waals surface area contributed by atoms with Crippen LogP contribution in [0.1, 0.15) is 31.8 Å². The number of nitrogens with zero attached hydrogens (tertiary/aromatic N) is 3. The average Bonchev–Trinajstić information content (AvgIpc) is 2.88. The number of aryl methyl sites for hydroxylation is 1. The molecule has 6 nitrogen and oxygen atoms in total. The number of rotatable bonds is 7. The summed E-state index contributed by atoms with van der Waals surface area (Å²) in [5, 5.41) is 0. The van der Waals surface area contributed by atoms with Gasteiger partial charge >= 0.3 is 0 Å². The van der Waals surface area contributed by atoms with Crippen LogP contribution in [0.3, 0.4) is 0 Å². The summed E-state index contributed by atoms with van der Waals surface area (Å²) < 4.78 is 5.59. The van der Waals surface area contributed by atoms with Crippen molar-refractivity contribution in [1.82, 2.24) is 9.80 Å². The Morgan fingerprint density at radius 3 is 2.17 bits per heavy atom. The standard InChI is InChI=1S/C30H35N3O3/c1-21-18-25(30(35)31(2)3)10-12-26(21)23-8-6-22(7-9-23)19-28(34)24-11-13-29(36-5)27(20-24)33-16-14-32(4)15-17-33/h6-13,18,20H,14-17,19H2,1-5H3. The van der Waals surface area contributed by atoms with Gasteiger partial charge in [-0.3, -0.25) is 9.59 Å². The number of carbonyl (C=O) groups is 2. The third-order valence-corrected chi connectivity index (χ3v) is 6.85. The van der Waals surface area contributed by atoms with Crippen molar-refractivity contribution in [3.8, 4) is 16.9 Å². The smallest absolute Gasteiger partial charge is 0.253 e. The normalized spacial score (nSPS) is 14.0. The van der Waals surface area contributed by atoms with Crippen molar-refractivity contribution >= 4 is 17.4 Å². The first-order valence-electron chi connectivity index (χ1n) is 12.3. The fourth-order valence-corrected chi connectivity index (χ4v) is 4.63. The van der Waals surface area contributed by atoms with Crippen LogP contribution in [0.5, 0.6) is 5.75 Å². The monoisotopic (exact) mass is 485 g/mol. The number of carbonyl (C=O) groups excluding carboxylic acids is 2. The summed E-state index contributed by atoms with van der Waals surface area (Å²) in [6.07, 6.45) is 0.337. The van der Waals surface area contributed by atoms with Crippen molar-refractivity contribution in [1.29, 1.82) is 0 Å². The molecule has 0 atom stereocenters. The molecule has 1 aliphatic rings. The Morgan fingerprint density at radius 2 is 1.56 bits per heavy atom. The van der Waals surface area contributed by atoms with Gasteiger partial charge < -0.3 is 19.4 Å².